The smallest absolute Gasteiger partial charge is 0.338 e. The van der Waals surface area contributed by atoms with Crippen molar-refractivity contribution in [3.8, 4) is 0 Å². The first-order chi connectivity index (χ1) is 12.7. The van der Waals surface area contributed by atoms with Crippen LogP contribution >= 0.6 is 23.2 Å². The van der Waals surface area contributed by atoms with E-state index in [-0.39, 0.29) is 18.1 Å². The fraction of sp³-hybridized carbons (Fsp3) is 0.467. The lowest BCUT2D eigenvalue weighted by Crippen LogP contribution is -2.50. The maximum absolute atomic E-state index is 12.9. The third-order valence-corrected chi connectivity index (χ3v) is 4.86. The van der Waals surface area contributed by atoms with Crippen molar-refractivity contribution in [1.29, 1.82) is 0 Å². The Morgan fingerprint density at radius 2 is 1.74 bits per heavy atom. The zero-order chi connectivity index (χ0) is 19.8. The molecule has 0 aliphatic carbocycles. The van der Waals surface area contributed by atoms with Crippen molar-refractivity contribution in [3.63, 3.8) is 0 Å². The average molecular weight is 423 g/mol. The van der Waals surface area contributed by atoms with E-state index in [1.165, 1.54) is 19.3 Å². The second-order valence-electron chi connectivity index (χ2n) is 5.97. The second-order valence-corrected chi connectivity index (χ2v) is 6.79. The van der Waals surface area contributed by atoms with E-state index in [0.29, 0.717) is 37.1 Å². The summed E-state index contributed by atoms with van der Waals surface area (Å²) in [6, 6.07) is 0. The molecule has 1 amide bonds. The molecule has 0 unspecified atom stereocenters. The Kier molecular flexibility index (Phi) is 5.48. The Bertz CT molecular complexity index is 831. The largest absolute Gasteiger partial charge is 0.436 e. The average Bonchev–Trinajstić information content (AvgIpc) is 2.91. The molecule has 1 fully saturated rings. The minimum absolute atomic E-state index is 0.102. The maximum atomic E-state index is 12.9. The zero-order valence-corrected chi connectivity index (χ0v) is 15.7. The minimum atomic E-state index is -4.67. The summed E-state index contributed by atoms with van der Waals surface area (Å²) in [5.74, 6) is 0.179. The van der Waals surface area contributed by atoms with Gasteiger partial charge in [-0.15, -0.1) is 0 Å². The van der Waals surface area contributed by atoms with E-state index in [4.69, 9.17) is 23.2 Å². The van der Waals surface area contributed by atoms with Crippen molar-refractivity contribution in [2.45, 2.75) is 19.6 Å². The first-order valence-corrected chi connectivity index (χ1v) is 8.73. The highest BCUT2D eigenvalue weighted by Gasteiger charge is 2.38. The molecule has 0 spiro atoms. The van der Waals surface area contributed by atoms with Gasteiger partial charge in [0.2, 0.25) is 11.9 Å². The number of amides is 1. The van der Waals surface area contributed by atoms with Crippen LogP contribution in [0.4, 0.5) is 19.1 Å². The van der Waals surface area contributed by atoms with Crippen LogP contribution in [0.1, 0.15) is 11.4 Å². The number of hydrogen-bond donors (Lipinski definition) is 0. The topological polar surface area (TPSA) is 67.2 Å². The minimum Gasteiger partial charge on any atom is -0.338 e. The summed E-state index contributed by atoms with van der Waals surface area (Å²) in [6.45, 7) is 2.88. The summed E-state index contributed by atoms with van der Waals surface area (Å²) in [5.41, 5.74) is -1.08. The van der Waals surface area contributed by atoms with Crippen molar-refractivity contribution in [3.05, 3.63) is 33.8 Å². The van der Waals surface area contributed by atoms with Gasteiger partial charge in [-0.25, -0.2) is 9.97 Å². The van der Waals surface area contributed by atoms with Gasteiger partial charge in [-0.05, 0) is 6.92 Å². The van der Waals surface area contributed by atoms with E-state index in [2.05, 4.69) is 15.1 Å². The first-order valence-electron chi connectivity index (χ1n) is 7.97. The monoisotopic (exact) mass is 422 g/mol. The lowest BCUT2D eigenvalue weighted by Gasteiger charge is -2.34. The summed E-state index contributed by atoms with van der Waals surface area (Å²) in [5, 5.41) is 3.40. The maximum Gasteiger partial charge on any atom is 0.436 e. The van der Waals surface area contributed by atoms with Crippen molar-refractivity contribution >= 4 is 35.1 Å². The van der Waals surface area contributed by atoms with Crippen LogP contribution in [-0.2, 0) is 17.5 Å². The van der Waals surface area contributed by atoms with Gasteiger partial charge in [0.05, 0.1) is 28.1 Å². The van der Waals surface area contributed by atoms with Crippen LogP contribution in [0.15, 0.2) is 12.4 Å². The number of nitrogens with zero attached hydrogens (tertiary/aromatic N) is 6. The van der Waals surface area contributed by atoms with Crippen LogP contribution in [0.3, 0.4) is 0 Å². The van der Waals surface area contributed by atoms with Gasteiger partial charge in [-0.1, -0.05) is 23.2 Å². The Balaban J connectivity index is 1.63. The molecular formula is C15H15Cl2F3N6O. The molecule has 0 bridgehead atoms. The molecule has 12 heteroatoms. The van der Waals surface area contributed by atoms with Gasteiger partial charge in [0.25, 0.3) is 0 Å². The molecule has 1 aliphatic rings. The van der Waals surface area contributed by atoms with Gasteiger partial charge in [0.15, 0.2) is 5.69 Å². The molecule has 7 nitrogen and oxygen atoms in total. The molecule has 3 heterocycles. The molecule has 146 valence electrons. The summed E-state index contributed by atoms with van der Waals surface area (Å²) in [6.07, 6.45) is -1.69. The van der Waals surface area contributed by atoms with Crippen molar-refractivity contribution in [2.24, 2.45) is 0 Å². The Morgan fingerprint density at radius 3 is 2.26 bits per heavy atom. The SMILES string of the molecule is Cc1c(Cl)c(C(F)(F)F)nn1CC(=O)N1CCN(c2ncc(Cl)cn2)CC1. The van der Waals surface area contributed by atoms with E-state index in [9.17, 15) is 18.0 Å². The van der Waals surface area contributed by atoms with Crippen LogP contribution in [0.2, 0.25) is 10.0 Å². The molecule has 0 aromatic carbocycles. The lowest BCUT2D eigenvalue weighted by molar-refractivity contribution is -0.142. The van der Waals surface area contributed by atoms with Crippen molar-refractivity contribution in [1.82, 2.24) is 24.6 Å². The Hall–Kier alpha value is -2.07. The van der Waals surface area contributed by atoms with Crippen LogP contribution in [0.5, 0.6) is 0 Å². The van der Waals surface area contributed by atoms with E-state index in [1.54, 1.807) is 4.90 Å². The molecule has 0 atom stereocenters. The molecule has 3 rings (SSSR count). The zero-order valence-electron chi connectivity index (χ0n) is 14.2. The van der Waals surface area contributed by atoms with E-state index in [0.717, 1.165) is 4.68 Å². The molecule has 1 aliphatic heterocycles. The third kappa shape index (κ3) is 4.27. The van der Waals surface area contributed by atoms with Crippen LogP contribution in [-0.4, -0.2) is 56.7 Å². The summed E-state index contributed by atoms with van der Waals surface area (Å²) in [4.78, 5) is 24.2. The van der Waals surface area contributed by atoms with Gasteiger partial charge in [-0.3, -0.25) is 9.48 Å². The van der Waals surface area contributed by atoms with Gasteiger partial charge in [0.1, 0.15) is 6.54 Å². The van der Waals surface area contributed by atoms with Gasteiger partial charge < -0.3 is 9.80 Å². The highest BCUT2D eigenvalue weighted by atomic mass is 35.5. The quantitative estimate of drug-likeness (QED) is 0.760. The standard InChI is InChI=1S/C15H15Cl2F3N6O/c1-9-12(17)13(15(18,19)20)23-26(9)8-11(27)24-2-4-25(5-3-24)14-21-6-10(16)7-22-14/h6-7H,2-5,8H2,1H3. The number of carbonyl (C=O) groups is 1. The highest BCUT2D eigenvalue weighted by Crippen LogP contribution is 2.35. The second kappa shape index (κ2) is 7.51. The van der Waals surface area contributed by atoms with Gasteiger partial charge in [0, 0.05) is 26.2 Å². The first kappa shape index (κ1) is 19.7. The highest BCUT2D eigenvalue weighted by molar-refractivity contribution is 6.32. The Morgan fingerprint density at radius 1 is 1.15 bits per heavy atom. The number of carbonyl (C=O) groups excluding carboxylic acids is 1. The fourth-order valence-corrected chi connectivity index (χ4v) is 3.05. The van der Waals surface area contributed by atoms with Crippen LogP contribution in [0.25, 0.3) is 0 Å². The van der Waals surface area contributed by atoms with Gasteiger partial charge in [-0.2, -0.15) is 18.3 Å². The fourth-order valence-electron chi connectivity index (χ4n) is 2.71. The number of alkyl halides is 3. The molecule has 0 radical (unpaired) electrons. The molecule has 27 heavy (non-hydrogen) atoms. The number of hydrogen-bond acceptors (Lipinski definition) is 5. The van der Waals surface area contributed by atoms with Crippen molar-refractivity contribution in [2.75, 3.05) is 31.1 Å². The predicted octanol–water partition coefficient (Wildman–Crippen LogP) is 2.66. The summed E-state index contributed by atoms with van der Waals surface area (Å²) in [7, 11) is 0. The Labute approximate surface area is 162 Å². The molecule has 0 N–H and O–H groups in total. The van der Waals surface area contributed by atoms with E-state index in [1.807, 2.05) is 4.90 Å². The van der Waals surface area contributed by atoms with Gasteiger partial charge >= 0.3 is 6.18 Å². The normalized spacial score (nSPS) is 15.3. The van der Waals surface area contributed by atoms with Crippen LogP contribution in [0, 0.1) is 6.92 Å². The molecule has 2 aromatic heterocycles. The number of halogens is 5. The number of piperazine rings is 1. The number of anilines is 1. The van der Waals surface area contributed by atoms with Crippen LogP contribution < -0.4 is 4.90 Å². The lowest BCUT2D eigenvalue weighted by atomic mass is 10.3. The summed E-state index contributed by atoms with van der Waals surface area (Å²) >= 11 is 11.5. The van der Waals surface area contributed by atoms with E-state index >= 15 is 0 Å². The number of rotatable bonds is 3. The van der Waals surface area contributed by atoms with Crippen molar-refractivity contribution < 1.29 is 18.0 Å². The molecule has 0 saturated carbocycles. The molecular weight excluding hydrogens is 408 g/mol. The third-order valence-electron chi connectivity index (χ3n) is 4.21. The predicted molar refractivity (Wildman–Crippen MR) is 92.8 cm³/mol. The number of aromatic nitrogens is 4. The molecule has 2 aromatic rings. The summed E-state index contributed by atoms with van der Waals surface area (Å²) < 4.78 is 39.6. The molecule has 1 saturated heterocycles. The van der Waals surface area contributed by atoms with E-state index < -0.39 is 16.9 Å².